The summed E-state index contributed by atoms with van der Waals surface area (Å²) in [6.45, 7) is 1.73. The SMILES string of the molecule is C[C@H](Sc1nc2c(cnn2-c2ccccc2)c(=O)[nH]1)C(=O)Nc1ccccc1Cl. The molecular weight excluding hydrogens is 410 g/mol. The monoisotopic (exact) mass is 425 g/mol. The molecule has 0 spiro atoms. The fraction of sp³-hybridized carbons (Fsp3) is 0.100. The van der Waals surface area contributed by atoms with Crippen LogP contribution in [0.2, 0.25) is 5.02 Å². The number of rotatable bonds is 5. The smallest absolute Gasteiger partial charge is 0.262 e. The Morgan fingerprint density at radius 1 is 1.17 bits per heavy atom. The zero-order chi connectivity index (χ0) is 20.4. The summed E-state index contributed by atoms with van der Waals surface area (Å²) < 4.78 is 1.60. The summed E-state index contributed by atoms with van der Waals surface area (Å²) in [6.07, 6.45) is 1.48. The Morgan fingerprint density at radius 2 is 1.90 bits per heavy atom. The Hall–Kier alpha value is -3.10. The molecule has 9 heteroatoms. The van der Waals surface area contributed by atoms with E-state index in [0.29, 0.717) is 26.9 Å². The van der Waals surface area contributed by atoms with E-state index >= 15 is 0 Å². The van der Waals surface area contributed by atoms with Crippen LogP contribution in [0.15, 0.2) is 70.7 Å². The molecule has 146 valence electrons. The van der Waals surface area contributed by atoms with Crippen molar-refractivity contribution in [3.8, 4) is 5.69 Å². The molecule has 0 saturated carbocycles. The second-order valence-electron chi connectivity index (χ2n) is 6.23. The minimum absolute atomic E-state index is 0.248. The Kier molecular flexibility index (Phi) is 5.37. The number of halogens is 1. The predicted molar refractivity (Wildman–Crippen MR) is 115 cm³/mol. The molecule has 2 aromatic heterocycles. The topological polar surface area (TPSA) is 92.7 Å². The highest BCUT2D eigenvalue weighted by Crippen LogP contribution is 2.25. The van der Waals surface area contributed by atoms with Crippen LogP contribution in [0.1, 0.15) is 6.92 Å². The van der Waals surface area contributed by atoms with Gasteiger partial charge in [-0.1, -0.05) is 53.7 Å². The van der Waals surface area contributed by atoms with Crippen LogP contribution in [0.25, 0.3) is 16.7 Å². The third-order valence-corrected chi connectivity index (χ3v) is 5.52. The molecule has 2 N–H and O–H groups in total. The minimum atomic E-state index is -0.514. The van der Waals surface area contributed by atoms with E-state index in [2.05, 4.69) is 20.4 Å². The molecule has 0 aliphatic heterocycles. The lowest BCUT2D eigenvalue weighted by Crippen LogP contribution is -2.23. The average molecular weight is 426 g/mol. The van der Waals surface area contributed by atoms with Crippen molar-refractivity contribution in [3.05, 3.63) is 76.2 Å². The number of aromatic nitrogens is 4. The van der Waals surface area contributed by atoms with Crippen LogP contribution in [0.5, 0.6) is 0 Å². The van der Waals surface area contributed by atoms with Gasteiger partial charge in [0.2, 0.25) is 5.91 Å². The first-order valence-corrected chi connectivity index (χ1v) is 10.0. The number of carbonyl (C=O) groups is 1. The van der Waals surface area contributed by atoms with Crippen molar-refractivity contribution in [2.45, 2.75) is 17.3 Å². The molecule has 2 aromatic carbocycles. The van der Waals surface area contributed by atoms with E-state index in [1.807, 2.05) is 30.3 Å². The Bertz CT molecular complexity index is 1240. The largest absolute Gasteiger partial charge is 0.324 e. The van der Waals surface area contributed by atoms with Crippen molar-refractivity contribution in [2.75, 3.05) is 5.32 Å². The number of H-pyrrole nitrogens is 1. The molecule has 2 heterocycles. The molecular formula is C20H16ClN5O2S. The van der Waals surface area contributed by atoms with E-state index in [-0.39, 0.29) is 11.5 Å². The quantitative estimate of drug-likeness (QED) is 0.374. The zero-order valence-corrected chi connectivity index (χ0v) is 16.9. The van der Waals surface area contributed by atoms with Gasteiger partial charge in [0.05, 0.1) is 27.8 Å². The second kappa shape index (κ2) is 8.10. The number of aromatic amines is 1. The number of hydrogen-bond acceptors (Lipinski definition) is 5. The summed E-state index contributed by atoms with van der Waals surface area (Å²) in [4.78, 5) is 32.2. The molecule has 4 rings (SSSR count). The Morgan fingerprint density at radius 3 is 2.66 bits per heavy atom. The lowest BCUT2D eigenvalue weighted by Gasteiger charge is -2.12. The van der Waals surface area contributed by atoms with Gasteiger partial charge in [0.15, 0.2) is 10.8 Å². The molecule has 0 unspecified atom stereocenters. The highest BCUT2D eigenvalue weighted by molar-refractivity contribution is 8.00. The normalized spacial score (nSPS) is 12.1. The lowest BCUT2D eigenvalue weighted by molar-refractivity contribution is -0.115. The van der Waals surface area contributed by atoms with Crippen LogP contribution < -0.4 is 10.9 Å². The number of para-hydroxylation sites is 2. The van der Waals surface area contributed by atoms with Gasteiger partial charge in [0, 0.05) is 0 Å². The van der Waals surface area contributed by atoms with Gasteiger partial charge in [-0.15, -0.1) is 0 Å². The van der Waals surface area contributed by atoms with Gasteiger partial charge in [-0.3, -0.25) is 9.59 Å². The lowest BCUT2D eigenvalue weighted by atomic mass is 10.3. The summed E-state index contributed by atoms with van der Waals surface area (Å²) in [6, 6.07) is 16.4. The highest BCUT2D eigenvalue weighted by atomic mass is 35.5. The summed E-state index contributed by atoms with van der Waals surface area (Å²) >= 11 is 7.24. The maximum Gasteiger partial charge on any atom is 0.262 e. The molecule has 0 radical (unpaired) electrons. The third-order valence-electron chi connectivity index (χ3n) is 4.21. The molecule has 0 aliphatic rings. The summed E-state index contributed by atoms with van der Waals surface area (Å²) in [5, 5.41) is 7.72. The number of fused-ring (bicyclic) bond motifs is 1. The number of hydrogen-bond donors (Lipinski definition) is 2. The van der Waals surface area contributed by atoms with Crippen molar-refractivity contribution in [1.82, 2.24) is 19.7 Å². The van der Waals surface area contributed by atoms with Crippen LogP contribution in [-0.2, 0) is 4.79 Å². The van der Waals surface area contributed by atoms with Gasteiger partial charge in [0.1, 0.15) is 5.39 Å². The van der Waals surface area contributed by atoms with Gasteiger partial charge >= 0.3 is 0 Å². The molecule has 7 nitrogen and oxygen atoms in total. The van der Waals surface area contributed by atoms with Crippen molar-refractivity contribution in [2.24, 2.45) is 0 Å². The molecule has 29 heavy (non-hydrogen) atoms. The highest BCUT2D eigenvalue weighted by Gasteiger charge is 2.19. The Balaban J connectivity index is 1.60. The predicted octanol–water partition coefficient (Wildman–Crippen LogP) is 3.88. The maximum atomic E-state index is 12.5. The van der Waals surface area contributed by atoms with Gasteiger partial charge in [-0.05, 0) is 31.2 Å². The fourth-order valence-corrected chi connectivity index (χ4v) is 3.70. The van der Waals surface area contributed by atoms with Crippen LogP contribution in [0.4, 0.5) is 5.69 Å². The first kappa shape index (κ1) is 19.2. The van der Waals surface area contributed by atoms with E-state index in [9.17, 15) is 9.59 Å². The third kappa shape index (κ3) is 4.03. The number of nitrogens with zero attached hydrogens (tertiary/aromatic N) is 3. The number of amides is 1. The van der Waals surface area contributed by atoms with E-state index < -0.39 is 5.25 Å². The van der Waals surface area contributed by atoms with E-state index in [1.54, 1.807) is 35.9 Å². The first-order chi connectivity index (χ1) is 14.0. The van der Waals surface area contributed by atoms with Gasteiger partial charge in [-0.2, -0.15) is 5.10 Å². The summed E-state index contributed by atoms with van der Waals surface area (Å²) in [5.41, 5.74) is 1.45. The molecule has 1 amide bonds. The molecule has 0 aliphatic carbocycles. The van der Waals surface area contributed by atoms with Crippen molar-refractivity contribution in [1.29, 1.82) is 0 Å². The minimum Gasteiger partial charge on any atom is -0.324 e. The number of nitrogens with one attached hydrogen (secondary N) is 2. The van der Waals surface area contributed by atoms with Crippen LogP contribution in [0.3, 0.4) is 0 Å². The van der Waals surface area contributed by atoms with Crippen molar-refractivity contribution < 1.29 is 4.79 Å². The van der Waals surface area contributed by atoms with Crippen LogP contribution in [-0.4, -0.2) is 30.9 Å². The molecule has 0 bridgehead atoms. The van der Waals surface area contributed by atoms with Gasteiger partial charge in [-0.25, -0.2) is 9.67 Å². The van der Waals surface area contributed by atoms with Gasteiger partial charge < -0.3 is 10.3 Å². The Labute approximate surface area is 175 Å². The summed E-state index contributed by atoms with van der Waals surface area (Å²) in [5.74, 6) is -0.248. The number of benzene rings is 2. The molecule has 4 aromatic rings. The van der Waals surface area contributed by atoms with E-state index in [4.69, 9.17) is 11.6 Å². The molecule has 0 fully saturated rings. The average Bonchev–Trinajstić information content (AvgIpc) is 3.15. The fourth-order valence-electron chi connectivity index (χ4n) is 2.73. The van der Waals surface area contributed by atoms with Crippen molar-refractivity contribution >= 4 is 46.0 Å². The van der Waals surface area contributed by atoms with Crippen molar-refractivity contribution in [3.63, 3.8) is 0 Å². The van der Waals surface area contributed by atoms with Crippen LogP contribution in [0, 0.1) is 0 Å². The van der Waals surface area contributed by atoms with E-state index in [0.717, 1.165) is 17.4 Å². The number of thioether (sulfide) groups is 1. The zero-order valence-electron chi connectivity index (χ0n) is 15.3. The summed E-state index contributed by atoms with van der Waals surface area (Å²) in [7, 11) is 0. The molecule has 0 saturated heterocycles. The van der Waals surface area contributed by atoms with Gasteiger partial charge in [0.25, 0.3) is 5.56 Å². The number of anilines is 1. The maximum absolute atomic E-state index is 12.5. The first-order valence-electron chi connectivity index (χ1n) is 8.78. The van der Waals surface area contributed by atoms with E-state index in [1.165, 1.54) is 6.20 Å². The molecule has 1 atom stereocenters. The standard InChI is InChI=1S/C20H16ClN5O2S/c1-12(18(27)23-16-10-6-5-9-15(16)21)29-20-24-17-14(19(28)25-20)11-22-26(17)13-7-3-2-4-8-13/h2-12H,1H3,(H,23,27)(H,24,25,28)/t12-/m0/s1. The second-order valence-corrected chi connectivity index (χ2v) is 7.97. The number of carbonyl (C=O) groups excluding carboxylic acids is 1. The van der Waals surface area contributed by atoms with Crippen LogP contribution >= 0.6 is 23.4 Å².